The van der Waals surface area contributed by atoms with Gasteiger partial charge in [0.15, 0.2) is 5.17 Å². The number of benzene rings is 1. The zero-order valence-electron chi connectivity index (χ0n) is 17.8. The first kappa shape index (κ1) is 23.4. The van der Waals surface area contributed by atoms with E-state index in [9.17, 15) is 22.8 Å². The van der Waals surface area contributed by atoms with Gasteiger partial charge in [0.1, 0.15) is 0 Å². The Morgan fingerprint density at radius 1 is 1.35 bits per heavy atom. The van der Waals surface area contributed by atoms with Crippen LogP contribution in [0.3, 0.4) is 0 Å². The van der Waals surface area contributed by atoms with Crippen molar-refractivity contribution in [3.05, 3.63) is 35.4 Å². The van der Waals surface area contributed by atoms with Crippen LogP contribution < -0.4 is 10.6 Å². The molecule has 3 rings (SSSR count). The number of hydrogen-bond donors (Lipinski definition) is 2. The topological polar surface area (TPSA) is 73.8 Å². The van der Waals surface area contributed by atoms with Crippen LogP contribution in [-0.2, 0) is 11.0 Å². The SMILES string of the molecule is CNC(=O)N1CCC(CC2(C)SC(=N[C@@H](C)c3ccccc3C(F)(F)F)NC2=O)CC1. The Labute approximate surface area is 184 Å². The zero-order chi connectivity index (χ0) is 22.8. The van der Waals surface area contributed by atoms with Gasteiger partial charge in [-0.2, -0.15) is 13.2 Å². The number of carbonyl (C=O) groups excluding carboxylic acids is 2. The largest absolute Gasteiger partial charge is 0.416 e. The summed E-state index contributed by atoms with van der Waals surface area (Å²) >= 11 is 1.28. The normalized spacial score (nSPS) is 24.9. The zero-order valence-corrected chi connectivity index (χ0v) is 18.6. The summed E-state index contributed by atoms with van der Waals surface area (Å²) in [4.78, 5) is 30.6. The van der Waals surface area contributed by atoms with Gasteiger partial charge in [-0.05, 0) is 50.7 Å². The van der Waals surface area contributed by atoms with Gasteiger partial charge in [0.2, 0.25) is 5.91 Å². The molecule has 0 bridgehead atoms. The van der Waals surface area contributed by atoms with Crippen LogP contribution in [0, 0.1) is 5.92 Å². The Morgan fingerprint density at radius 2 is 2.00 bits per heavy atom. The summed E-state index contributed by atoms with van der Waals surface area (Å²) in [6, 6.07) is 4.51. The molecule has 3 amide bonds. The molecule has 31 heavy (non-hydrogen) atoms. The van der Waals surface area contributed by atoms with Crippen molar-refractivity contribution in [2.75, 3.05) is 20.1 Å². The molecule has 2 heterocycles. The van der Waals surface area contributed by atoms with Gasteiger partial charge in [-0.25, -0.2) is 4.79 Å². The molecule has 0 radical (unpaired) electrons. The summed E-state index contributed by atoms with van der Waals surface area (Å²) in [6.45, 7) is 4.71. The second-order valence-electron chi connectivity index (χ2n) is 8.17. The van der Waals surface area contributed by atoms with E-state index in [1.54, 1.807) is 24.9 Å². The number of urea groups is 1. The second-order valence-corrected chi connectivity index (χ2v) is 9.66. The average Bonchev–Trinajstić information content (AvgIpc) is 3.00. The third-order valence-corrected chi connectivity index (χ3v) is 7.05. The smallest absolute Gasteiger partial charge is 0.341 e. The second kappa shape index (κ2) is 9.10. The number of rotatable bonds is 4. The Kier molecular flexibility index (Phi) is 6.88. The molecule has 2 N–H and O–H groups in total. The summed E-state index contributed by atoms with van der Waals surface area (Å²) < 4.78 is 39.2. The molecule has 6 nitrogen and oxygen atoms in total. The van der Waals surface area contributed by atoms with E-state index in [2.05, 4.69) is 15.6 Å². The predicted octanol–water partition coefficient (Wildman–Crippen LogP) is 4.19. The van der Waals surface area contributed by atoms with Crippen molar-refractivity contribution < 1.29 is 22.8 Å². The first-order valence-corrected chi connectivity index (χ1v) is 11.1. The van der Waals surface area contributed by atoms with E-state index in [0.717, 1.165) is 18.9 Å². The molecule has 0 aliphatic carbocycles. The van der Waals surface area contributed by atoms with E-state index in [1.807, 2.05) is 6.92 Å². The van der Waals surface area contributed by atoms with E-state index >= 15 is 0 Å². The number of amidine groups is 1. The lowest BCUT2D eigenvalue weighted by Crippen LogP contribution is -2.44. The van der Waals surface area contributed by atoms with Gasteiger partial charge in [0.25, 0.3) is 0 Å². The maximum absolute atomic E-state index is 13.3. The number of piperidine rings is 1. The summed E-state index contributed by atoms with van der Waals surface area (Å²) in [5.74, 6) is 0.105. The third kappa shape index (κ3) is 5.34. The molecule has 10 heteroatoms. The molecule has 2 atom stereocenters. The predicted molar refractivity (Wildman–Crippen MR) is 115 cm³/mol. The number of amides is 3. The quantitative estimate of drug-likeness (QED) is 0.714. The van der Waals surface area contributed by atoms with Crippen molar-refractivity contribution in [1.29, 1.82) is 0 Å². The lowest BCUT2D eigenvalue weighted by molar-refractivity contribution is -0.138. The Morgan fingerprint density at radius 3 is 2.61 bits per heavy atom. The van der Waals surface area contributed by atoms with E-state index in [4.69, 9.17) is 0 Å². The monoisotopic (exact) mass is 456 g/mol. The molecule has 1 aromatic rings. The van der Waals surface area contributed by atoms with Crippen molar-refractivity contribution >= 4 is 28.9 Å². The average molecular weight is 457 g/mol. The number of thioether (sulfide) groups is 1. The summed E-state index contributed by atoms with van der Waals surface area (Å²) in [7, 11) is 1.60. The number of alkyl halides is 3. The first-order valence-electron chi connectivity index (χ1n) is 10.2. The molecule has 2 fully saturated rings. The highest BCUT2D eigenvalue weighted by atomic mass is 32.2. The molecule has 0 spiro atoms. The van der Waals surface area contributed by atoms with Gasteiger partial charge in [-0.15, -0.1) is 0 Å². The van der Waals surface area contributed by atoms with E-state index in [1.165, 1.54) is 23.9 Å². The highest BCUT2D eigenvalue weighted by Crippen LogP contribution is 2.41. The fourth-order valence-electron chi connectivity index (χ4n) is 4.12. The number of aliphatic imine (C=N–C) groups is 1. The standard InChI is InChI=1S/C21H27F3N4O2S/c1-13(15-6-4-5-7-16(15)21(22,23)24)26-18-27-17(29)20(2,31-18)12-14-8-10-28(11-9-14)19(30)25-3/h4-7,13-14H,8-12H2,1-3H3,(H,25,30)(H,26,27,29)/t13-,20?/m0/s1. The number of nitrogens with zero attached hydrogens (tertiary/aromatic N) is 2. The van der Waals surface area contributed by atoms with Crippen molar-refractivity contribution in [3.63, 3.8) is 0 Å². The fraction of sp³-hybridized carbons (Fsp3) is 0.571. The van der Waals surface area contributed by atoms with Crippen LogP contribution in [-0.4, -0.2) is 46.9 Å². The summed E-state index contributed by atoms with van der Waals surface area (Å²) in [6.07, 6.45) is -2.23. The van der Waals surface area contributed by atoms with Gasteiger partial charge in [-0.3, -0.25) is 9.79 Å². The molecule has 0 saturated carbocycles. The Bertz CT molecular complexity index is 868. The van der Waals surface area contributed by atoms with Crippen LogP contribution in [0.25, 0.3) is 0 Å². The number of carbonyl (C=O) groups is 2. The minimum atomic E-state index is -4.46. The summed E-state index contributed by atoms with van der Waals surface area (Å²) in [5.41, 5.74) is -0.640. The van der Waals surface area contributed by atoms with Crippen molar-refractivity contribution in [3.8, 4) is 0 Å². The molecule has 2 aliphatic heterocycles. The highest BCUT2D eigenvalue weighted by molar-refractivity contribution is 8.16. The van der Waals surface area contributed by atoms with Crippen LogP contribution in [0.2, 0.25) is 0 Å². The van der Waals surface area contributed by atoms with Gasteiger partial charge >= 0.3 is 12.2 Å². The lowest BCUT2D eigenvalue weighted by Gasteiger charge is -2.34. The molecule has 1 unspecified atom stereocenters. The van der Waals surface area contributed by atoms with Crippen LogP contribution in [0.1, 0.15) is 50.3 Å². The van der Waals surface area contributed by atoms with Crippen LogP contribution in [0.15, 0.2) is 29.3 Å². The lowest BCUT2D eigenvalue weighted by atomic mass is 9.87. The first-order chi connectivity index (χ1) is 14.5. The van der Waals surface area contributed by atoms with Gasteiger partial charge < -0.3 is 15.5 Å². The molecule has 0 aromatic heterocycles. The minimum absolute atomic E-state index is 0.0764. The number of likely N-dealkylation sites (tertiary alicyclic amines) is 1. The Hall–Kier alpha value is -2.23. The van der Waals surface area contributed by atoms with E-state index in [0.29, 0.717) is 24.7 Å². The van der Waals surface area contributed by atoms with E-state index < -0.39 is 22.5 Å². The van der Waals surface area contributed by atoms with Crippen LogP contribution in [0.4, 0.5) is 18.0 Å². The highest BCUT2D eigenvalue weighted by Gasteiger charge is 2.44. The van der Waals surface area contributed by atoms with Gasteiger partial charge in [0, 0.05) is 20.1 Å². The molecular weight excluding hydrogens is 429 g/mol. The molecule has 2 saturated heterocycles. The maximum Gasteiger partial charge on any atom is 0.416 e. The van der Waals surface area contributed by atoms with E-state index in [-0.39, 0.29) is 23.4 Å². The van der Waals surface area contributed by atoms with Crippen molar-refractivity contribution in [2.45, 2.75) is 50.1 Å². The Balaban J connectivity index is 1.67. The summed E-state index contributed by atoms with van der Waals surface area (Å²) in [5, 5.41) is 5.71. The molecule has 1 aromatic carbocycles. The fourth-order valence-corrected chi connectivity index (χ4v) is 5.37. The van der Waals surface area contributed by atoms with Crippen LogP contribution >= 0.6 is 11.8 Å². The maximum atomic E-state index is 13.3. The van der Waals surface area contributed by atoms with Crippen molar-refractivity contribution in [1.82, 2.24) is 15.5 Å². The number of nitrogens with one attached hydrogen (secondary N) is 2. The molecular formula is C21H27F3N4O2S. The van der Waals surface area contributed by atoms with Crippen molar-refractivity contribution in [2.24, 2.45) is 10.9 Å². The van der Waals surface area contributed by atoms with Gasteiger partial charge in [0.05, 0.1) is 16.4 Å². The number of hydrogen-bond acceptors (Lipinski definition) is 4. The minimum Gasteiger partial charge on any atom is -0.341 e. The number of halogens is 3. The van der Waals surface area contributed by atoms with Crippen LogP contribution in [0.5, 0.6) is 0 Å². The third-order valence-electron chi connectivity index (χ3n) is 5.84. The molecule has 170 valence electrons. The van der Waals surface area contributed by atoms with Gasteiger partial charge in [-0.1, -0.05) is 30.0 Å². The molecule has 2 aliphatic rings.